The summed E-state index contributed by atoms with van der Waals surface area (Å²) in [5.74, 6) is -1.77. The summed E-state index contributed by atoms with van der Waals surface area (Å²) < 4.78 is 22.2. The monoisotopic (exact) mass is 560 g/mol. The van der Waals surface area contributed by atoms with E-state index in [0.717, 1.165) is 22.2 Å². The topological polar surface area (TPSA) is 183 Å². The van der Waals surface area contributed by atoms with E-state index < -0.39 is 61.4 Å². The number of para-hydroxylation sites is 1. The summed E-state index contributed by atoms with van der Waals surface area (Å²) in [6.45, 7) is 3.26. The minimum atomic E-state index is -1.63. The van der Waals surface area contributed by atoms with Crippen molar-refractivity contribution in [2.75, 3.05) is 20.3 Å². The van der Waals surface area contributed by atoms with Gasteiger partial charge >= 0.3 is 5.97 Å². The summed E-state index contributed by atoms with van der Waals surface area (Å²) in [4.78, 5) is 16.3. The van der Waals surface area contributed by atoms with E-state index in [2.05, 4.69) is 16.9 Å². The standard InChI is InChI=1S/C28H36N2O10/c1-3-14-16(9-20-22-17(8-13(10-31)29-20)15-6-4-5-7-19(15)30-22)18(26(36)37-2)12-38-27(14)40-28-25(35)24(34)23(33)21(11-32)39-28/h3-7,12-14,16,20-21,23-25,27-35H,1,8-11H2,2H3/t13-,14+,16-,20-,21?,23?,24?,25?,27-,28?/m0/s1. The molecule has 1 aromatic heterocycles. The van der Waals surface area contributed by atoms with Crippen LogP contribution in [0.4, 0.5) is 0 Å². The number of aromatic nitrogens is 1. The molecule has 7 N–H and O–H groups in total. The molecule has 0 saturated carbocycles. The van der Waals surface area contributed by atoms with Gasteiger partial charge in [0.15, 0.2) is 6.29 Å². The number of hydrogen-bond donors (Lipinski definition) is 7. The Kier molecular flexibility index (Phi) is 8.59. The maximum absolute atomic E-state index is 12.8. The molecule has 12 nitrogen and oxygen atoms in total. The molecule has 12 heteroatoms. The van der Waals surface area contributed by atoms with Crippen LogP contribution in [0.25, 0.3) is 10.9 Å². The third-order valence-electron chi connectivity index (χ3n) is 8.11. The fraction of sp³-hybridized carbons (Fsp3) is 0.536. The van der Waals surface area contributed by atoms with E-state index in [0.29, 0.717) is 12.8 Å². The number of methoxy groups -OCH3 is 1. The molecule has 0 bridgehead atoms. The number of aliphatic hydroxyl groups excluding tert-OH is 5. The Hall–Kier alpha value is -2.81. The molecule has 218 valence electrons. The molecule has 0 amide bonds. The molecule has 1 fully saturated rings. The van der Waals surface area contributed by atoms with Crippen molar-refractivity contribution < 1.29 is 49.3 Å². The number of rotatable bonds is 8. The minimum absolute atomic E-state index is 0.0728. The van der Waals surface area contributed by atoms with Crippen molar-refractivity contribution in [2.24, 2.45) is 11.8 Å². The molecule has 1 aromatic carbocycles. The molecule has 5 rings (SSSR count). The largest absolute Gasteiger partial charge is 0.471 e. The summed E-state index contributed by atoms with van der Waals surface area (Å²) in [7, 11) is 1.27. The molecule has 1 saturated heterocycles. The van der Waals surface area contributed by atoms with Gasteiger partial charge in [-0.25, -0.2) is 4.79 Å². The second-order valence-electron chi connectivity index (χ2n) is 10.4. The number of H-pyrrole nitrogens is 1. The van der Waals surface area contributed by atoms with Crippen molar-refractivity contribution in [1.82, 2.24) is 10.3 Å². The Bertz CT molecular complexity index is 1240. The molecular weight excluding hydrogens is 524 g/mol. The summed E-state index contributed by atoms with van der Waals surface area (Å²) in [6.07, 6.45) is -4.66. The first-order chi connectivity index (χ1) is 19.3. The van der Waals surface area contributed by atoms with Crippen LogP contribution in [0.5, 0.6) is 0 Å². The Morgan fingerprint density at radius 3 is 2.60 bits per heavy atom. The van der Waals surface area contributed by atoms with Gasteiger partial charge in [0.05, 0.1) is 32.2 Å². The lowest BCUT2D eigenvalue weighted by atomic mass is 9.77. The predicted molar refractivity (Wildman–Crippen MR) is 140 cm³/mol. The first-order valence-electron chi connectivity index (χ1n) is 13.3. The average molecular weight is 561 g/mol. The maximum atomic E-state index is 12.8. The predicted octanol–water partition coefficient (Wildman–Crippen LogP) is -0.246. The number of ether oxygens (including phenoxy) is 4. The van der Waals surface area contributed by atoms with Crippen molar-refractivity contribution in [3.05, 3.63) is 60.0 Å². The average Bonchev–Trinajstić information content (AvgIpc) is 3.36. The molecule has 2 aromatic rings. The smallest absolute Gasteiger partial charge is 0.337 e. The van der Waals surface area contributed by atoms with Crippen LogP contribution in [0.2, 0.25) is 0 Å². The van der Waals surface area contributed by atoms with Gasteiger partial charge in [-0.05, 0) is 24.5 Å². The van der Waals surface area contributed by atoms with Crippen molar-refractivity contribution >= 4 is 16.9 Å². The summed E-state index contributed by atoms with van der Waals surface area (Å²) in [5.41, 5.74) is 3.28. The highest BCUT2D eigenvalue weighted by atomic mass is 16.8. The van der Waals surface area contributed by atoms with Gasteiger partial charge in [-0.3, -0.25) is 0 Å². The lowest BCUT2D eigenvalue weighted by Gasteiger charge is -2.43. The lowest BCUT2D eigenvalue weighted by molar-refractivity contribution is -0.339. The molecular formula is C28H36N2O10. The summed E-state index contributed by atoms with van der Waals surface area (Å²) >= 11 is 0. The van der Waals surface area contributed by atoms with Crippen LogP contribution in [0.1, 0.15) is 23.7 Å². The molecule has 4 heterocycles. The number of carbonyl (C=O) groups is 1. The second kappa shape index (κ2) is 12.0. The quantitative estimate of drug-likeness (QED) is 0.167. The van der Waals surface area contributed by atoms with Gasteiger partial charge in [0.1, 0.15) is 24.4 Å². The van der Waals surface area contributed by atoms with Crippen LogP contribution in [0.3, 0.4) is 0 Å². The number of benzene rings is 1. The number of nitrogens with one attached hydrogen (secondary N) is 2. The zero-order valence-electron chi connectivity index (χ0n) is 22.1. The van der Waals surface area contributed by atoms with Crippen LogP contribution < -0.4 is 5.32 Å². The SMILES string of the molecule is C=C[C@H]1[C@H](OC2OC(CO)C(O)C(O)C2O)OC=C(C(=O)OC)[C@H]1C[C@@H]1N[C@H](CO)Cc2c1[nH]c1ccccc21. The first kappa shape index (κ1) is 28.7. The van der Waals surface area contributed by atoms with Crippen molar-refractivity contribution in [1.29, 1.82) is 0 Å². The van der Waals surface area contributed by atoms with E-state index in [1.165, 1.54) is 13.4 Å². The number of aliphatic hydroxyl groups is 5. The molecule has 3 aliphatic heterocycles. The molecule has 40 heavy (non-hydrogen) atoms. The third kappa shape index (κ3) is 5.17. The van der Waals surface area contributed by atoms with Gasteiger partial charge in [-0.2, -0.15) is 0 Å². The highest BCUT2D eigenvalue weighted by Gasteiger charge is 2.48. The fourth-order valence-electron chi connectivity index (χ4n) is 6.00. The molecule has 5 unspecified atom stereocenters. The highest BCUT2D eigenvalue weighted by molar-refractivity contribution is 5.89. The summed E-state index contributed by atoms with van der Waals surface area (Å²) in [6, 6.07) is 7.44. The number of fused-ring (bicyclic) bond motifs is 3. The van der Waals surface area contributed by atoms with E-state index in [1.54, 1.807) is 6.08 Å². The fourth-order valence-corrected chi connectivity index (χ4v) is 6.00. The van der Waals surface area contributed by atoms with Gasteiger partial charge < -0.3 is 54.8 Å². The maximum Gasteiger partial charge on any atom is 0.337 e. The van der Waals surface area contributed by atoms with Gasteiger partial charge in [-0.1, -0.05) is 24.3 Å². The van der Waals surface area contributed by atoms with Crippen LogP contribution >= 0.6 is 0 Å². The Morgan fingerprint density at radius 2 is 1.90 bits per heavy atom. The van der Waals surface area contributed by atoms with Gasteiger partial charge in [0.2, 0.25) is 6.29 Å². The van der Waals surface area contributed by atoms with Crippen molar-refractivity contribution in [2.45, 2.75) is 61.9 Å². The minimum Gasteiger partial charge on any atom is -0.471 e. The second-order valence-corrected chi connectivity index (χ2v) is 10.4. The first-order valence-corrected chi connectivity index (χ1v) is 13.3. The molecule has 0 spiro atoms. The van der Waals surface area contributed by atoms with Gasteiger partial charge in [0, 0.05) is 40.5 Å². The number of aromatic amines is 1. The van der Waals surface area contributed by atoms with E-state index in [-0.39, 0.29) is 24.3 Å². The molecule has 3 aliphatic rings. The normalized spacial score (nSPS) is 35.9. The zero-order valence-corrected chi connectivity index (χ0v) is 22.1. The van der Waals surface area contributed by atoms with Crippen LogP contribution in [0.15, 0.2) is 48.8 Å². The lowest BCUT2D eigenvalue weighted by Crippen LogP contribution is -2.60. The molecule has 0 aliphatic carbocycles. The summed E-state index contributed by atoms with van der Waals surface area (Å²) in [5, 5.41) is 55.0. The third-order valence-corrected chi connectivity index (χ3v) is 8.11. The number of hydrogen-bond acceptors (Lipinski definition) is 11. The number of esters is 1. The van der Waals surface area contributed by atoms with Crippen molar-refractivity contribution in [3.63, 3.8) is 0 Å². The van der Waals surface area contributed by atoms with Crippen LogP contribution in [-0.4, -0.2) is 99.8 Å². The Morgan fingerprint density at radius 1 is 1.12 bits per heavy atom. The number of carbonyl (C=O) groups excluding carboxylic acids is 1. The Labute approximate surface area is 230 Å². The van der Waals surface area contributed by atoms with E-state index in [1.807, 2.05) is 24.3 Å². The Balaban J connectivity index is 1.45. The van der Waals surface area contributed by atoms with Crippen LogP contribution in [0, 0.1) is 11.8 Å². The highest BCUT2D eigenvalue weighted by Crippen LogP contribution is 2.42. The van der Waals surface area contributed by atoms with E-state index in [4.69, 9.17) is 18.9 Å². The molecule has 0 radical (unpaired) electrons. The zero-order chi connectivity index (χ0) is 28.6. The van der Waals surface area contributed by atoms with Gasteiger partial charge in [-0.15, -0.1) is 6.58 Å². The van der Waals surface area contributed by atoms with E-state index >= 15 is 0 Å². The van der Waals surface area contributed by atoms with Crippen LogP contribution in [-0.2, 0) is 30.2 Å². The van der Waals surface area contributed by atoms with E-state index in [9.17, 15) is 30.3 Å². The van der Waals surface area contributed by atoms with Crippen molar-refractivity contribution in [3.8, 4) is 0 Å². The van der Waals surface area contributed by atoms with Gasteiger partial charge in [0.25, 0.3) is 0 Å². The molecule has 10 atom stereocenters.